The number of aromatic nitrogens is 1. The molecule has 1 fully saturated rings. The number of carboxylic acids is 1. The third-order valence-electron chi connectivity index (χ3n) is 9.96. The zero-order valence-electron chi connectivity index (χ0n) is 38.8. The molecule has 378 valence electrons. The number of hydrogen-bond donors (Lipinski definition) is 8. The van der Waals surface area contributed by atoms with Gasteiger partial charge in [-0.2, -0.15) is 5.26 Å². The number of guanidine groups is 1. The fourth-order valence-electron chi connectivity index (χ4n) is 6.33. The van der Waals surface area contributed by atoms with E-state index in [4.69, 9.17) is 40.0 Å². The first kappa shape index (κ1) is 57.4. The van der Waals surface area contributed by atoms with Gasteiger partial charge in [-0.3, -0.25) is 24.7 Å². The van der Waals surface area contributed by atoms with Crippen molar-refractivity contribution in [3.8, 4) is 17.7 Å². The van der Waals surface area contributed by atoms with Crippen LogP contribution in [0.4, 0.5) is 11.4 Å². The highest BCUT2D eigenvalue weighted by atomic mass is 35.5. The van der Waals surface area contributed by atoms with Crippen LogP contribution >= 0.6 is 11.6 Å². The minimum atomic E-state index is -1.94. The summed E-state index contributed by atoms with van der Waals surface area (Å²) >= 11 is 5.91. The predicted octanol–water partition coefficient (Wildman–Crippen LogP) is 2.74. The Morgan fingerprint density at radius 1 is 0.797 bits per heavy atom. The van der Waals surface area contributed by atoms with Crippen LogP contribution in [0.2, 0.25) is 5.02 Å². The molecule has 21 nitrogen and oxygen atoms in total. The van der Waals surface area contributed by atoms with E-state index in [1.165, 1.54) is 13.0 Å². The zero-order valence-corrected chi connectivity index (χ0v) is 39.6. The summed E-state index contributed by atoms with van der Waals surface area (Å²) in [5, 5.41) is 61.6. The predicted molar refractivity (Wildman–Crippen MR) is 252 cm³/mol. The number of aliphatic imine (C=N–C) groups is 1. The summed E-state index contributed by atoms with van der Waals surface area (Å²) in [6.07, 6.45) is -0.0536. The van der Waals surface area contributed by atoms with E-state index < -0.39 is 42.6 Å². The summed E-state index contributed by atoms with van der Waals surface area (Å²) < 4.78 is 34.8. The number of ether oxygens (including phenoxy) is 6. The number of carbonyl (C=O) groups excluding carboxylic acids is 3. The van der Waals surface area contributed by atoms with Crippen molar-refractivity contribution < 1.29 is 72.6 Å². The fourth-order valence-corrected chi connectivity index (χ4v) is 6.45. The topological polar surface area (TPSA) is 293 Å². The molecular formula is C47H64ClN7O14. The van der Waals surface area contributed by atoms with Crippen LogP contribution in [0.3, 0.4) is 0 Å². The molecule has 1 aromatic heterocycles. The lowest BCUT2D eigenvalue weighted by Crippen LogP contribution is -2.61. The molecule has 0 spiro atoms. The van der Waals surface area contributed by atoms with E-state index >= 15 is 0 Å². The van der Waals surface area contributed by atoms with E-state index in [9.17, 15) is 44.9 Å². The first-order valence-electron chi connectivity index (χ1n) is 22.2. The van der Waals surface area contributed by atoms with Gasteiger partial charge in [0, 0.05) is 55.1 Å². The lowest BCUT2D eigenvalue weighted by Gasteiger charge is -2.38. The Morgan fingerprint density at radius 3 is 2.13 bits per heavy atom. The van der Waals surface area contributed by atoms with E-state index in [1.54, 1.807) is 48.8 Å². The SMILES string of the molecule is CC(=O)CCOCCOCCOCCC(=O)NCCC(=O)Nc1cc(C[n+]2ccc(NC(=NCCCCCCOc3ccc(Cl)cc3)NC#N)cc2)ccc1O[C@@H]1O[C@H](C(=O)O)[C@@H](O)[C@H](O)[C@H]1O.[CH3-]. The standard InChI is InChI=1S/C46H60ClN7O14.CH3/c1-31(55)15-22-63-24-26-65-27-25-64-23-16-38(56)49-18-12-39(57)53-36-28-32(6-11-37(36)67-45-42(60)40(58)41(59)43(68-45)44(61)62)29-54-19-13-34(14-20-54)52-46(51-30-48)50-17-4-2-3-5-21-66-35-9-7-33(47)8-10-35;/h6-11,13-14,19-20,28,40-43,45,58-60H,2-5,12,15-18,21-27,29H2,1H3,(H4,49,50,51,53,56,57,61,62);1H3/q;-1/p+1/t40-,41-,42+,43-,45+;/m0./s1. The minimum absolute atomic E-state index is 0. The van der Waals surface area contributed by atoms with Crippen LogP contribution in [0, 0.1) is 18.9 Å². The average molecular weight is 987 g/mol. The summed E-state index contributed by atoms with van der Waals surface area (Å²) in [6, 6.07) is 15.5. The minimum Gasteiger partial charge on any atom is -0.494 e. The maximum Gasteiger partial charge on any atom is 0.335 e. The van der Waals surface area contributed by atoms with Gasteiger partial charge in [0.25, 0.3) is 0 Å². The number of nitrogens with one attached hydrogen (secondary N) is 4. The van der Waals surface area contributed by atoms with Gasteiger partial charge in [0.05, 0.1) is 57.6 Å². The van der Waals surface area contributed by atoms with Crippen LogP contribution in [0.25, 0.3) is 0 Å². The van der Waals surface area contributed by atoms with Gasteiger partial charge in [0.1, 0.15) is 35.6 Å². The number of carbonyl (C=O) groups is 4. The van der Waals surface area contributed by atoms with Crippen molar-refractivity contribution in [1.82, 2.24) is 10.6 Å². The Morgan fingerprint density at radius 2 is 1.46 bits per heavy atom. The number of ketones is 1. The Kier molecular flexibility index (Phi) is 26.6. The molecular weight excluding hydrogens is 922 g/mol. The van der Waals surface area contributed by atoms with E-state index in [0.29, 0.717) is 74.8 Å². The molecule has 2 amide bonds. The number of aliphatic hydroxyl groups excluding tert-OH is 3. The van der Waals surface area contributed by atoms with Crippen LogP contribution in [-0.2, 0) is 44.7 Å². The van der Waals surface area contributed by atoms with Crippen LogP contribution in [0.15, 0.2) is 72.0 Å². The monoisotopic (exact) mass is 985 g/mol. The fraction of sp³-hybridized carbons (Fsp3) is 0.489. The number of rotatable bonds is 30. The highest BCUT2D eigenvalue weighted by molar-refractivity contribution is 6.30. The third kappa shape index (κ3) is 21.9. The molecule has 2 aromatic carbocycles. The van der Waals surface area contributed by atoms with E-state index in [0.717, 1.165) is 31.4 Å². The maximum absolute atomic E-state index is 13.2. The quantitative estimate of drug-likeness (QED) is 0.00906. The molecule has 8 N–H and O–H groups in total. The highest BCUT2D eigenvalue weighted by Gasteiger charge is 2.48. The molecule has 0 bridgehead atoms. The third-order valence-corrected chi connectivity index (χ3v) is 10.2. The summed E-state index contributed by atoms with van der Waals surface area (Å²) in [6.45, 7) is 4.59. The second-order valence-electron chi connectivity index (χ2n) is 15.4. The molecule has 1 aliphatic rings. The molecule has 0 radical (unpaired) electrons. The van der Waals surface area contributed by atoms with Crippen LogP contribution in [0.5, 0.6) is 11.5 Å². The van der Waals surface area contributed by atoms with E-state index in [2.05, 4.69) is 26.3 Å². The van der Waals surface area contributed by atoms with Crippen LogP contribution < -0.4 is 35.3 Å². The van der Waals surface area contributed by atoms with Crippen molar-refractivity contribution in [3.63, 3.8) is 0 Å². The Hall–Kier alpha value is -5.96. The van der Waals surface area contributed by atoms with E-state index in [1.807, 2.05) is 22.9 Å². The molecule has 69 heavy (non-hydrogen) atoms. The highest BCUT2D eigenvalue weighted by Crippen LogP contribution is 2.31. The molecule has 0 unspecified atom stereocenters. The van der Waals surface area contributed by atoms with Gasteiger partial charge in [0.2, 0.25) is 24.1 Å². The number of benzene rings is 2. The maximum atomic E-state index is 13.2. The summed E-state index contributed by atoms with van der Waals surface area (Å²) in [7, 11) is 0. The van der Waals surface area contributed by atoms with Crippen molar-refractivity contribution >= 4 is 52.5 Å². The van der Waals surface area contributed by atoms with Gasteiger partial charge in [-0.05, 0) is 68.7 Å². The Balaban J connectivity index is 0.0000126. The number of amides is 2. The van der Waals surface area contributed by atoms with Gasteiger partial charge < -0.3 is 72.2 Å². The van der Waals surface area contributed by atoms with Gasteiger partial charge in [-0.15, -0.1) is 0 Å². The number of pyridine rings is 1. The zero-order chi connectivity index (χ0) is 49.1. The Bertz CT molecular complexity index is 2110. The number of hydrogen-bond acceptors (Lipinski definition) is 15. The number of Topliss-reactive ketones (excluding diaryl/α,β-unsaturated/α-hetero) is 1. The molecule has 5 atom stereocenters. The average Bonchev–Trinajstić information content (AvgIpc) is 3.31. The van der Waals surface area contributed by atoms with Crippen LogP contribution in [0.1, 0.15) is 57.4 Å². The molecule has 1 aliphatic heterocycles. The van der Waals surface area contributed by atoms with Gasteiger partial charge in [-0.25, -0.2) is 9.36 Å². The van der Waals surface area contributed by atoms with E-state index in [-0.39, 0.29) is 63.2 Å². The number of nitriles is 1. The smallest absolute Gasteiger partial charge is 0.335 e. The van der Waals surface area contributed by atoms with Crippen molar-refractivity contribution in [2.45, 2.75) is 89.1 Å². The number of unbranched alkanes of at least 4 members (excludes halogenated alkanes) is 3. The number of carboxylic acid groups (broad SMARTS) is 1. The summed E-state index contributed by atoms with van der Waals surface area (Å²) in [5.74, 6) is -1.39. The first-order valence-corrected chi connectivity index (χ1v) is 22.6. The first-order chi connectivity index (χ1) is 32.8. The Labute approximate surface area is 406 Å². The largest absolute Gasteiger partial charge is 0.494 e. The number of aliphatic hydroxyl groups is 3. The second-order valence-corrected chi connectivity index (χ2v) is 15.9. The number of anilines is 2. The molecule has 3 aromatic rings. The summed E-state index contributed by atoms with van der Waals surface area (Å²) in [4.78, 5) is 52.7. The summed E-state index contributed by atoms with van der Waals surface area (Å²) in [5.41, 5.74) is 1.43. The van der Waals surface area contributed by atoms with Crippen molar-refractivity contribution in [1.29, 1.82) is 5.26 Å². The van der Waals surface area contributed by atoms with Crippen molar-refractivity contribution in [2.24, 2.45) is 4.99 Å². The number of aliphatic carboxylic acids is 1. The second kappa shape index (κ2) is 32.0. The van der Waals surface area contributed by atoms with Crippen LogP contribution in [-0.4, -0.2) is 140 Å². The number of nitrogens with zero attached hydrogens (tertiary/aromatic N) is 3. The normalized spacial score (nSPS) is 17.7. The molecule has 22 heteroatoms. The van der Waals surface area contributed by atoms with Gasteiger partial charge >= 0.3 is 5.97 Å². The molecule has 1 saturated heterocycles. The molecule has 0 saturated carbocycles. The van der Waals surface area contributed by atoms with Crippen molar-refractivity contribution in [2.75, 3.05) is 70.0 Å². The van der Waals surface area contributed by atoms with Gasteiger partial charge in [0.15, 0.2) is 31.2 Å². The number of halogens is 1. The lowest BCUT2D eigenvalue weighted by molar-refractivity contribution is -0.688. The molecule has 0 aliphatic carbocycles. The van der Waals surface area contributed by atoms with Gasteiger partial charge in [-0.1, -0.05) is 18.0 Å². The molecule has 4 rings (SSSR count). The lowest BCUT2D eigenvalue weighted by atomic mass is 9.99. The van der Waals surface area contributed by atoms with Crippen molar-refractivity contribution in [3.05, 3.63) is 85.0 Å². The molecule has 2 heterocycles.